The number of alkyl halides is 5. The van der Waals surface area contributed by atoms with E-state index >= 15 is 0 Å². The van der Waals surface area contributed by atoms with Crippen LogP contribution in [0, 0.1) is 0 Å². The molecule has 0 aliphatic carbocycles. The third kappa shape index (κ3) is 6.31. The van der Waals surface area contributed by atoms with Gasteiger partial charge in [-0.25, -0.2) is 8.78 Å². The minimum Gasteiger partial charge on any atom is -0.349 e. The van der Waals surface area contributed by atoms with Crippen molar-refractivity contribution in [3.05, 3.63) is 35.4 Å². The number of benzene rings is 1. The molecule has 0 aromatic heterocycles. The summed E-state index contributed by atoms with van der Waals surface area (Å²) in [4.78, 5) is 11.9. The molecule has 1 amide bonds. The topological polar surface area (TPSA) is 55.1 Å². The highest BCUT2D eigenvalue weighted by molar-refractivity contribution is 5.85. The maximum absolute atomic E-state index is 13.0. The van der Waals surface area contributed by atoms with E-state index in [9.17, 15) is 26.7 Å². The van der Waals surface area contributed by atoms with Gasteiger partial charge in [0.25, 0.3) is 5.92 Å². The van der Waals surface area contributed by atoms with E-state index in [2.05, 4.69) is 0 Å². The van der Waals surface area contributed by atoms with Crippen molar-refractivity contribution in [2.45, 2.75) is 31.4 Å². The standard InChI is InChI=1S/C14H17F5N2O.ClH/c1-2-11(12(22)21-8-13(15,16)7-20)9-4-3-5-10(6-9)14(17,18)19;/h3-6,11H,2,7-8,20H2,1H3,(H,21,22);1H. The van der Waals surface area contributed by atoms with Crippen LogP contribution in [-0.2, 0) is 11.0 Å². The van der Waals surface area contributed by atoms with E-state index in [4.69, 9.17) is 5.73 Å². The molecular formula is C14H18ClF5N2O. The van der Waals surface area contributed by atoms with Crippen LogP contribution in [0.5, 0.6) is 0 Å². The molecule has 1 unspecified atom stereocenters. The Hall–Kier alpha value is -1.41. The second kappa shape index (κ2) is 8.44. The predicted molar refractivity (Wildman–Crippen MR) is 78.7 cm³/mol. The first-order valence-corrected chi connectivity index (χ1v) is 6.63. The summed E-state index contributed by atoms with van der Waals surface area (Å²) < 4.78 is 64.0. The lowest BCUT2D eigenvalue weighted by atomic mass is 9.94. The van der Waals surface area contributed by atoms with Gasteiger partial charge in [-0.2, -0.15) is 13.2 Å². The van der Waals surface area contributed by atoms with Crippen LogP contribution in [0.25, 0.3) is 0 Å². The van der Waals surface area contributed by atoms with Crippen molar-refractivity contribution in [3.8, 4) is 0 Å². The van der Waals surface area contributed by atoms with Gasteiger partial charge < -0.3 is 11.1 Å². The Balaban J connectivity index is 0.00000484. The number of hydrogen-bond acceptors (Lipinski definition) is 2. The highest BCUT2D eigenvalue weighted by Gasteiger charge is 2.32. The zero-order chi connectivity index (χ0) is 17.0. The molecule has 1 rings (SSSR count). The highest BCUT2D eigenvalue weighted by atomic mass is 35.5. The van der Waals surface area contributed by atoms with Crippen molar-refractivity contribution in [1.82, 2.24) is 5.32 Å². The molecule has 0 spiro atoms. The summed E-state index contributed by atoms with van der Waals surface area (Å²) in [6.45, 7) is -0.281. The number of carbonyl (C=O) groups excluding carboxylic acids is 1. The second-order valence-corrected chi connectivity index (χ2v) is 4.86. The Morgan fingerprint density at radius 3 is 2.35 bits per heavy atom. The maximum Gasteiger partial charge on any atom is 0.416 e. The molecule has 1 aromatic rings. The first-order valence-electron chi connectivity index (χ1n) is 6.63. The van der Waals surface area contributed by atoms with Crippen LogP contribution >= 0.6 is 12.4 Å². The zero-order valence-electron chi connectivity index (χ0n) is 12.3. The fourth-order valence-corrected chi connectivity index (χ4v) is 1.92. The third-order valence-corrected chi connectivity index (χ3v) is 3.16. The number of hydrogen-bond donors (Lipinski definition) is 2. The minimum atomic E-state index is -4.53. The number of halogens is 6. The van der Waals surface area contributed by atoms with E-state index in [0.717, 1.165) is 12.1 Å². The molecular weight excluding hydrogens is 343 g/mol. The van der Waals surface area contributed by atoms with E-state index in [1.165, 1.54) is 12.1 Å². The molecule has 9 heteroatoms. The molecule has 132 valence electrons. The van der Waals surface area contributed by atoms with Crippen molar-refractivity contribution >= 4 is 18.3 Å². The third-order valence-electron chi connectivity index (χ3n) is 3.16. The van der Waals surface area contributed by atoms with Crippen molar-refractivity contribution in [2.24, 2.45) is 5.73 Å². The van der Waals surface area contributed by atoms with Crippen molar-refractivity contribution in [1.29, 1.82) is 0 Å². The van der Waals surface area contributed by atoms with Crippen molar-refractivity contribution in [3.63, 3.8) is 0 Å². The molecule has 0 saturated heterocycles. The Labute approximate surface area is 136 Å². The summed E-state index contributed by atoms with van der Waals surface area (Å²) in [5.41, 5.74) is 4.10. The second-order valence-electron chi connectivity index (χ2n) is 4.86. The molecule has 0 fully saturated rings. The van der Waals surface area contributed by atoms with E-state index in [1.54, 1.807) is 6.92 Å². The Morgan fingerprint density at radius 1 is 1.26 bits per heavy atom. The van der Waals surface area contributed by atoms with Crippen LogP contribution < -0.4 is 11.1 Å². The van der Waals surface area contributed by atoms with Gasteiger partial charge in [0.2, 0.25) is 5.91 Å². The summed E-state index contributed by atoms with van der Waals surface area (Å²) in [6, 6.07) is 4.29. The van der Waals surface area contributed by atoms with E-state index in [0.29, 0.717) is 0 Å². The van der Waals surface area contributed by atoms with Crippen molar-refractivity contribution < 1.29 is 26.7 Å². The van der Waals surface area contributed by atoms with Gasteiger partial charge in [0.15, 0.2) is 0 Å². The lowest BCUT2D eigenvalue weighted by Gasteiger charge is -2.19. The van der Waals surface area contributed by atoms with Crippen LogP contribution in [0.1, 0.15) is 30.4 Å². The molecule has 0 heterocycles. The van der Waals surface area contributed by atoms with Crippen LogP contribution in [0.4, 0.5) is 22.0 Å². The number of rotatable bonds is 6. The van der Waals surface area contributed by atoms with Gasteiger partial charge in [0.05, 0.1) is 24.6 Å². The molecule has 0 aliphatic rings. The summed E-state index contributed by atoms with van der Waals surface area (Å²) >= 11 is 0. The first-order chi connectivity index (χ1) is 10.1. The first kappa shape index (κ1) is 21.6. The molecule has 1 atom stereocenters. The maximum atomic E-state index is 13.0. The van der Waals surface area contributed by atoms with Gasteiger partial charge in [0, 0.05) is 0 Å². The Kier molecular flexibility index (Phi) is 7.93. The van der Waals surface area contributed by atoms with Gasteiger partial charge in [-0.1, -0.05) is 25.1 Å². The van der Waals surface area contributed by atoms with Gasteiger partial charge >= 0.3 is 6.18 Å². The predicted octanol–water partition coefficient (Wildman–Crippen LogP) is 3.33. The smallest absolute Gasteiger partial charge is 0.349 e. The summed E-state index contributed by atoms with van der Waals surface area (Å²) in [5, 5.41) is 2.03. The van der Waals surface area contributed by atoms with Crippen LogP contribution in [-0.4, -0.2) is 24.9 Å². The van der Waals surface area contributed by atoms with E-state index in [1.807, 2.05) is 5.32 Å². The van der Waals surface area contributed by atoms with Gasteiger partial charge in [-0.15, -0.1) is 12.4 Å². The lowest BCUT2D eigenvalue weighted by Crippen LogP contribution is -2.43. The van der Waals surface area contributed by atoms with Gasteiger partial charge in [-0.3, -0.25) is 4.79 Å². The quantitative estimate of drug-likeness (QED) is 0.765. The average molecular weight is 361 g/mol. The number of carbonyl (C=O) groups is 1. The van der Waals surface area contributed by atoms with Gasteiger partial charge in [0.1, 0.15) is 0 Å². The SMILES string of the molecule is CCC(C(=O)NCC(F)(F)CN)c1cccc(C(F)(F)F)c1.Cl. The van der Waals surface area contributed by atoms with Crippen molar-refractivity contribution in [2.75, 3.05) is 13.1 Å². The Bertz CT molecular complexity index is 522. The summed E-state index contributed by atoms with van der Waals surface area (Å²) in [6.07, 6.45) is -4.35. The van der Waals surface area contributed by atoms with Crippen LogP contribution in [0.15, 0.2) is 24.3 Å². The average Bonchev–Trinajstić information content (AvgIpc) is 2.45. The number of nitrogens with one attached hydrogen (secondary N) is 1. The van der Waals surface area contributed by atoms with Gasteiger partial charge in [-0.05, 0) is 18.1 Å². The lowest BCUT2D eigenvalue weighted by molar-refractivity contribution is -0.137. The normalized spacial score (nSPS) is 13.2. The molecule has 3 N–H and O–H groups in total. The molecule has 3 nitrogen and oxygen atoms in total. The molecule has 0 radical (unpaired) electrons. The monoisotopic (exact) mass is 360 g/mol. The highest BCUT2D eigenvalue weighted by Crippen LogP contribution is 2.31. The van der Waals surface area contributed by atoms with E-state index in [-0.39, 0.29) is 24.4 Å². The molecule has 0 saturated carbocycles. The molecule has 0 aliphatic heterocycles. The number of nitrogens with two attached hydrogens (primary N) is 1. The summed E-state index contributed by atoms with van der Waals surface area (Å²) in [7, 11) is 0. The number of amides is 1. The molecule has 0 bridgehead atoms. The largest absolute Gasteiger partial charge is 0.416 e. The fraction of sp³-hybridized carbons (Fsp3) is 0.500. The van der Waals surface area contributed by atoms with Crippen LogP contribution in [0.2, 0.25) is 0 Å². The fourth-order valence-electron chi connectivity index (χ4n) is 1.92. The zero-order valence-corrected chi connectivity index (χ0v) is 13.1. The van der Waals surface area contributed by atoms with E-state index < -0.39 is 42.6 Å². The van der Waals surface area contributed by atoms with Crippen LogP contribution in [0.3, 0.4) is 0 Å². The minimum absolute atomic E-state index is 0. The molecule has 23 heavy (non-hydrogen) atoms. The summed E-state index contributed by atoms with van der Waals surface area (Å²) in [5.74, 6) is -4.94. The Morgan fingerprint density at radius 2 is 1.87 bits per heavy atom. The molecule has 1 aromatic carbocycles.